The third-order valence-corrected chi connectivity index (χ3v) is 3.56. The number of fused-ring (bicyclic) bond motifs is 1. The number of carboxylic acid groups (broad SMARTS) is 1. The molecule has 1 unspecified atom stereocenters. The second kappa shape index (κ2) is 4.14. The number of benzene rings is 1. The predicted molar refractivity (Wildman–Crippen MR) is 64.2 cm³/mol. The zero-order chi connectivity index (χ0) is 11.7. The van der Waals surface area contributed by atoms with Crippen molar-refractivity contribution in [3.63, 3.8) is 0 Å². The van der Waals surface area contributed by atoms with Crippen LogP contribution in [0.25, 0.3) is 10.1 Å². The lowest BCUT2D eigenvalue weighted by molar-refractivity contribution is -0.137. The van der Waals surface area contributed by atoms with E-state index >= 15 is 0 Å². The van der Waals surface area contributed by atoms with E-state index in [0.29, 0.717) is 0 Å². The van der Waals surface area contributed by atoms with Crippen LogP contribution in [0.3, 0.4) is 0 Å². The van der Waals surface area contributed by atoms with E-state index in [2.05, 4.69) is 0 Å². The first-order valence-corrected chi connectivity index (χ1v) is 5.88. The number of rotatable bonds is 3. The van der Waals surface area contributed by atoms with Crippen LogP contribution in [0, 0.1) is 0 Å². The van der Waals surface area contributed by atoms with Gasteiger partial charge in [-0.1, -0.05) is 6.92 Å². The number of phenols is 1. The average molecular weight is 236 g/mol. The quantitative estimate of drug-likeness (QED) is 0.860. The molecule has 1 aromatic carbocycles. The average Bonchev–Trinajstić information content (AvgIpc) is 2.59. The van der Waals surface area contributed by atoms with Crippen molar-refractivity contribution in [3.8, 4) is 5.75 Å². The van der Waals surface area contributed by atoms with Crippen molar-refractivity contribution in [2.45, 2.75) is 19.3 Å². The Balaban J connectivity index is 2.41. The first-order chi connectivity index (χ1) is 7.58. The summed E-state index contributed by atoms with van der Waals surface area (Å²) in [6, 6.07) is 5.18. The molecule has 0 aliphatic carbocycles. The molecule has 0 radical (unpaired) electrons. The minimum Gasteiger partial charge on any atom is -0.508 e. The fraction of sp³-hybridized carbons (Fsp3) is 0.250. The highest BCUT2D eigenvalue weighted by Gasteiger charge is 2.14. The van der Waals surface area contributed by atoms with Crippen LogP contribution >= 0.6 is 11.3 Å². The van der Waals surface area contributed by atoms with Gasteiger partial charge in [-0.15, -0.1) is 11.3 Å². The zero-order valence-electron chi connectivity index (χ0n) is 8.80. The van der Waals surface area contributed by atoms with E-state index in [0.717, 1.165) is 15.6 Å². The Morgan fingerprint density at radius 3 is 2.94 bits per heavy atom. The standard InChI is InChI=1S/C12H12O3S/c1-7(4-12(14)15)10-6-16-11-5-8(13)2-3-9(10)11/h2-3,5-7,13H,4H2,1H3,(H,14,15). The van der Waals surface area contributed by atoms with Gasteiger partial charge in [0, 0.05) is 4.70 Å². The van der Waals surface area contributed by atoms with Gasteiger partial charge in [-0.05, 0) is 40.4 Å². The molecule has 0 amide bonds. The first-order valence-electron chi connectivity index (χ1n) is 5.00. The van der Waals surface area contributed by atoms with Crippen molar-refractivity contribution < 1.29 is 15.0 Å². The number of phenolic OH excluding ortho intramolecular Hbond substituents is 1. The molecule has 0 saturated heterocycles. The molecule has 0 saturated carbocycles. The van der Waals surface area contributed by atoms with Gasteiger partial charge in [-0.25, -0.2) is 0 Å². The molecule has 84 valence electrons. The van der Waals surface area contributed by atoms with Gasteiger partial charge in [0.2, 0.25) is 0 Å². The fourth-order valence-electron chi connectivity index (χ4n) is 1.79. The van der Waals surface area contributed by atoms with Crippen LogP contribution in [0.2, 0.25) is 0 Å². The molecule has 1 heterocycles. The second-order valence-corrected chi connectivity index (χ2v) is 4.78. The van der Waals surface area contributed by atoms with Gasteiger partial charge in [0.15, 0.2) is 0 Å². The monoisotopic (exact) mass is 236 g/mol. The summed E-state index contributed by atoms with van der Waals surface area (Å²) >= 11 is 1.53. The Labute approximate surface area is 97.0 Å². The second-order valence-electron chi connectivity index (χ2n) is 3.87. The number of hydrogen-bond donors (Lipinski definition) is 2. The molecule has 0 fully saturated rings. The number of aliphatic carboxylic acids is 1. The molecule has 0 aliphatic rings. The van der Waals surface area contributed by atoms with Gasteiger partial charge < -0.3 is 10.2 Å². The van der Waals surface area contributed by atoms with Gasteiger partial charge >= 0.3 is 5.97 Å². The van der Waals surface area contributed by atoms with Crippen LogP contribution in [0.1, 0.15) is 24.8 Å². The van der Waals surface area contributed by atoms with Gasteiger partial charge in [0.25, 0.3) is 0 Å². The largest absolute Gasteiger partial charge is 0.508 e. The Morgan fingerprint density at radius 2 is 2.25 bits per heavy atom. The van der Waals surface area contributed by atoms with Crippen molar-refractivity contribution in [2.75, 3.05) is 0 Å². The van der Waals surface area contributed by atoms with Crippen LogP contribution in [0.5, 0.6) is 5.75 Å². The van der Waals surface area contributed by atoms with Crippen LogP contribution in [0.4, 0.5) is 0 Å². The summed E-state index contributed by atoms with van der Waals surface area (Å²) in [5, 5.41) is 21.1. The summed E-state index contributed by atoms with van der Waals surface area (Å²) in [6.45, 7) is 1.91. The molecule has 0 spiro atoms. The number of thiophene rings is 1. The Morgan fingerprint density at radius 1 is 1.50 bits per heavy atom. The highest BCUT2D eigenvalue weighted by atomic mass is 32.1. The molecule has 16 heavy (non-hydrogen) atoms. The van der Waals surface area contributed by atoms with Crippen molar-refractivity contribution >= 4 is 27.4 Å². The third kappa shape index (κ3) is 2.02. The SMILES string of the molecule is CC(CC(=O)O)c1csc2cc(O)ccc12. The lowest BCUT2D eigenvalue weighted by atomic mass is 9.97. The smallest absolute Gasteiger partial charge is 0.303 e. The van der Waals surface area contributed by atoms with E-state index in [1.54, 1.807) is 12.1 Å². The van der Waals surface area contributed by atoms with E-state index in [9.17, 15) is 9.90 Å². The molecule has 2 rings (SSSR count). The molecule has 0 bridgehead atoms. The highest BCUT2D eigenvalue weighted by molar-refractivity contribution is 7.17. The number of hydrogen-bond acceptors (Lipinski definition) is 3. The maximum Gasteiger partial charge on any atom is 0.303 e. The topological polar surface area (TPSA) is 57.5 Å². The van der Waals surface area contributed by atoms with Crippen LogP contribution in [-0.4, -0.2) is 16.2 Å². The third-order valence-electron chi connectivity index (χ3n) is 2.60. The summed E-state index contributed by atoms with van der Waals surface area (Å²) in [7, 11) is 0. The molecule has 2 N–H and O–H groups in total. The maximum absolute atomic E-state index is 10.7. The zero-order valence-corrected chi connectivity index (χ0v) is 9.62. The van der Waals surface area contributed by atoms with Gasteiger partial charge in [0.05, 0.1) is 6.42 Å². The van der Waals surface area contributed by atoms with Gasteiger partial charge in [0.1, 0.15) is 5.75 Å². The number of carbonyl (C=O) groups is 1. The lowest BCUT2D eigenvalue weighted by Crippen LogP contribution is -2.01. The molecule has 2 aromatic rings. The number of aromatic hydroxyl groups is 1. The number of carboxylic acids is 1. The van der Waals surface area contributed by atoms with Crippen LogP contribution in [-0.2, 0) is 4.79 Å². The molecule has 1 atom stereocenters. The van der Waals surface area contributed by atoms with E-state index in [1.165, 1.54) is 11.3 Å². The van der Waals surface area contributed by atoms with E-state index < -0.39 is 5.97 Å². The van der Waals surface area contributed by atoms with E-state index in [-0.39, 0.29) is 18.1 Å². The molecule has 4 heteroatoms. The predicted octanol–water partition coefficient (Wildman–Crippen LogP) is 3.19. The fourth-order valence-corrected chi connectivity index (χ4v) is 2.91. The minimum atomic E-state index is -0.786. The maximum atomic E-state index is 10.7. The molecule has 1 aromatic heterocycles. The van der Waals surface area contributed by atoms with Crippen molar-refractivity contribution in [1.29, 1.82) is 0 Å². The molecule has 0 aliphatic heterocycles. The molecular formula is C12H12O3S. The molecular weight excluding hydrogens is 224 g/mol. The van der Waals surface area contributed by atoms with Crippen molar-refractivity contribution in [2.24, 2.45) is 0 Å². The Bertz CT molecular complexity index is 530. The molecule has 3 nitrogen and oxygen atoms in total. The van der Waals surface area contributed by atoms with Gasteiger partial charge in [-0.3, -0.25) is 4.79 Å². The van der Waals surface area contributed by atoms with Crippen molar-refractivity contribution in [1.82, 2.24) is 0 Å². The summed E-state index contributed by atoms with van der Waals surface area (Å²) in [5.41, 5.74) is 1.04. The normalized spacial score (nSPS) is 12.8. The summed E-state index contributed by atoms with van der Waals surface area (Å²) < 4.78 is 0.993. The summed E-state index contributed by atoms with van der Waals surface area (Å²) in [6.07, 6.45) is 0.132. The Kier molecular flexibility index (Phi) is 2.83. The summed E-state index contributed by atoms with van der Waals surface area (Å²) in [4.78, 5) is 10.7. The van der Waals surface area contributed by atoms with E-state index in [4.69, 9.17) is 5.11 Å². The van der Waals surface area contributed by atoms with E-state index in [1.807, 2.05) is 18.4 Å². The van der Waals surface area contributed by atoms with Crippen LogP contribution in [0.15, 0.2) is 23.6 Å². The van der Waals surface area contributed by atoms with Crippen LogP contribution < -0.4 is 0 Å². The first kappa shape index (κ1) is 11.0. The van der Waals surface area contributed by atoms with Crippen molar-refractivity contribution in [3.05, 3.63) is 29.1 Å². The Hall–Kier alpha value is -1.55. The minimum absolute atomic E-state index is 0.00390. The lowest BCUT2D eigenvalue weighted by Gasteiger charge is -2.07. The summed E-state index contributed by atoms with van der Waals surface area (Å²) in [5.74, 6) is -0.548. The van der Waals surface area contributed by atoms with Gasteiger partial charge in [-0.2, -0.15) is 0 Å². The highest BCUT2D eigenvalue weighted by Crippen LogP contribution is 2.34.